The molecule has 1 heterocycles. The van der Waals surface area contributed by atoms with Gasteiger partial charge in [0.15, 0.2) is 0 Å². The molecule has 0 aromatic carbocycles. The molecule has 0 radical (unpaired) electrons. The Morgan fingerprint density at radius 1 is 1.47 bits per heavy atom. The van der Waals surface area contributed by atoms with Gasteiger partial charge in [-0.3, -0.25) is 9.69 Å². The highest BCUT2D eigenvalue weighted by atomic mass is 16.3. The predicted molar refractivity (Wildman–Crippen MR) is 55.2 cm³/mol. The van der Waals surface area contributed by atoms with Crippen LogP contribution in [-0.4, -0.2) is 41.1 Å². The van der Waals surface area contributed by atoms with Crippen molar-refractivity contribution in [3.05, 3.63) is 0 Å². The van der Waals surface area contributed by atoms with E-state index in [-0.39, 0.29) is 24.4 Å². The van der Waals surface area contributed by atoms with Gasteiger partial charge in [0.25, 0.3) is 0 Å². The molecule has 1 fully saturated rings. The largest absolute Gasteiger partial charge is 0.391 e. The van der Waals surface area contributed by atoms with Crippen molar-refractivity contribution in [2.75, 3.05) is 13.1 Å². The fourth-order valence-electron chi connectivity index (χ4n) is 1.62. The van der Waals surface area contributed by atoms with Crippen LogP contribution < -0.4 is 5.32 Å². The lowest BCUT2D eigenvalue weighted by Gasteiger charge is -2.24. The number of hydrogen-bond acceptors (Lipinski definition) is 3. The van der Waals surface area contributed by atoms with E-state index < -0.39 is 12.1 Å². The Morgan fingerprint density at radius 2 is 2.07 bits per heavy atom. The van der Waals surface area contributed by atoms with Crippen molar-refractivity contribution in [1.82, 2.24) is 10.2 Å². The van der Waals surface area contributed by atoms with E-state index in [1.807, 2.05) is 20.8 Å². The first-order chi connectivity index (χ1) is 6.79. The Balaban J connectivity index is 2.47. The van der Waals surface area contributed by atoms with Gasteiger partial charge in [-0.2, -0.15) is 0 Å². The van der Waals surface area contributed by atoms with Gasteiger partial charge >= 0.3 is 6.03 Å². The first-order valence-corrected chi connectivity index (χ1v) is 5.06. The van der Waals surface area contributed by atoms with E-state index >= 15 is 0 Å². The van der Waals surface area contributed by atoms with Crippen molar-refractivity contribution in [1.29, 1.82) is 0 Å². The van der Waals surface area contributed by atoms with E-state index in [0.29, 0.717) is 6.42 Å². The average Bonchev–Trinajstić information content (AvgIpc) is 2.32. The lowest BCUT2D eigenvalue weighted by atomic mass is 9.89. The molecule has 0 spiro atoms. The fraction of sp³-hybridized carbons (Fsp3) is 0.800. The number of carbonyl (C=O) groups excluding carboxylic acids is 2. The van der Waals surface area contributed by atoms with Crippen LogP contribution in [0.4, 0.5) is 4.79 Å². The minimum atomic E-state index is -0.655. The van der Waals surface area contributed by atoms with Gasteiger partial charge in [0, 0.05) is 0 Å². The molecule has 1 aliphatic heterocycles. The van der Waals surface area contributed by atoms with Crippen LogP contribution in [0.1, 0.15) is 27.2 Å². The number of hydrogen-bond donors (Lipinski definition) is 2. The molecule has 5 nitrogen and oxygen atoms in total. The number of aliphatic hydroxyl groups is 1. The molecule has 1 rings (SSSR count). The van der Waals surface area contributed by atoms with Crippen LogP contribution in [0.2, 0.25) is 0 Å². The summed E-state index contributed by atoms with van der Waals surface area (Å²) in [5.74, 6) is -0.270. The molecule has 86 valence electrons. The van der Waals surface area contributed by atoms with Crippen LogP contribution in [-0.2, 0) is 4.79 Å². The van der Waals surface area contributed by atoms with Crippen LogP contribution in [0.3, 0.4) is 0 Å². The Hall–Kier alpha value is -1.10. The summed E-state index contributed by atoms with van der Waals surface area (Å²) in [6, 6.07) is -0.409. The van der Waals surface area contributed by atoms with Gasteiger partial charge in [-0.1, -0.05) is 20.8 Å². The number of imide groups is 1. The van der Waals surface area contributed by atoms with Crippen molar-refractivity contribution in [3.63, 3.8) is 0 Å². The number of nitrogens with one attached hydrogen (secondary N) is 1. The van der Waals surface area contributed by atoms with Gasteiger partial charge in [-0.15, -0.1) is 0 Å². The summed E-state index contributed by atoms with van der Waals surface area (Å²) >= 11 is 0. The van der Waals surface area contributed by atoms with E-state index in [1.165, 1.54) is 0 Å². The molecular weight excluding hydrogens is 196 g/mol. The molecule has 2 N–H and O–H groups in total. The second-order valence-electron chi connectivity index (χ2n) is 5.08. The standard InChI is InChI=1S/C10H18N2O3/c1-10(2,3)4-7(13)6-12-8(14)5-11-9(12)15/h7,13H,4-6H2,1-3H3,(H,11,15). The third-order valence-electron chi connectivity index (χ3n) is 2.18. The molecule has 1 saturated heterocycles. The summed E-state index contributed by atoms with van der Waals surface area (Å²) in [5, 5.41) is 12.1. The van der Waals surface area contributed by atoms with E-state index in [4.69, 9.17) is 0 Å². The molecule has 1 aliphatic rings. The summed E-state index contributed by atoms with van der Waals surface area (Å²) in [4.78, 5) is 23.5. The number of carbonyl (C=O) groups is 2. The number of urea groups is 1. The number of aliphatic hydroxyl groups excluding tert-OH is 1. The normalized spacial score (nSPS) is 19.3. The van der Waals surface area contributed by atoms with Crippen LogP contribution in [0.25, 0.3) is 0 Å². The predicted octanol–water partition coefficient (Wildman–Crippen LogP) is 0.335. The second kappa shape index (κ2) is 4.18. The zero-order chi connectivity index (χ0) is 11.6. The van der Waals surface area contributed by atoms with Gasteiger partial charge in [-0.05, 0) is 11.8 Å². The Labute approximate surface area is 89.4 Å². The number of nitrogens with zero attached hydrogens (tertiary/aromatic N) is 1. The van der Waals surface area contributed by atoms with E-state index in [1.54, 1.807) is 0 Å². The maximum absolute atomic E-state index is 11.2. The zero-order valence-corrected chi connectivity index (χ0v) is 9.41. The maximum atomic E-state index is 11.2. The average molecular weight is 214 g/mol. The molecular formula is C10H18N2O3. The molecule has 0 saturated carbocycles. The quantitative estimate of drug-likeness (QED) is 0.665. The maximum Gasteiger partial charge on any atom is 0.324 e. The van der Waals surface area contributed by atoms with Gasteiger partial charge in [0.05, 0.1) is 19.2 Å². The summed E-state index contributed by atoms with van der Waals surface area (Å²) in [5.41, 5.74) is -0.0152. The first-order valence-electron chi connectivity index (χ1n) is 5.06. The van der Waals surface area contributed by atoms with Crippen LogP contribution >= 0.6 is 0 Å². The molecule has 15 heavy (non-hydrogen) atoms. The third-order valence-corrected chi connectivity index (χ3v) is 2.18. The summed E-state index contributed by atoms with van der Waals surface area (Å²) in [6.07, 6.45) is -0.0952. The Morgan fingerprint density at radius 3 is 2.47 bits per heavy atom. The van der Waals surface area contributed by atoms with Crippen molar-refractivity contribution in [2.24, 2.45) is 5.41 Å². The molecule has 1 atom stereocenters. The van der Waals surface area contributed by atoms with Crippen LogP contribution in [0.5, 0.6) is 0 Å². The lowest BCUT2D eigenvalue weighted by Crippen LogP contribution is -2.38. The van der Waals surface area contributed by atoms with Gasteiger partial charge in [-0.25, -0.2) is 4.79 Å². The molecule has 0 aliphatic carbocycles. The summed E-state index contributed by atoms with van der Waals surface area (Å²) in [6.45, 7) is 6.13. The number of rotatable bonds is 3. The fourth-order valence-corrected chi connectivity index (χ4v) is 1.62. The Kier molecular flexibility index (Phi) is 3.34. The number of amides is 3. The highest BCUT2D eigenvalue weighted by Gasteiger charge is 2.31. The summed E-state index contributed by atoms with van der Waals surface area (Å²) < 4.78 is 0. The van der Waals surface area contributed by atoms with Crippen molar-refractivity contribution in [3.8, 4) is 0 Å². The molecule has 3 amide bonds. The second-order valence-corrected chi connectivity index (χ2v) is 5.08. The number of β-amino-alcohol motifs (C(OH)–C–C–N with tert-alkyl or cyclic N) is 1. The van der Waals surface area contributed by atoms with E-state index in [0.717, 1.165) is 4.90 Å². The van der Waals surface area contributed by atoms with Crippen molar-refractivity contribution in [2.45, 2.75) is 33.3 Å². The van der Waals surface area contributed by atoms with Crippen LogP contribution in [0.15, 0.2) is 0 Å². The molecule has 0 bridgehead atoms. The van der Waals surface area contributed by atoms with E-state index in [2.05, 4.69) is 5.32 Å². The zero-order valence-electron chi connectivity index (χ0n) is 9.41. The minimum absolute atomic E-state index is 0.0152. The first kappa shape index (κ1) is 12.0. The third kappa shape index (κ3) is 3.51. The van der Waals surface area contributed by atoms with Gasteiger partial charge in [0.1, 0.15) is 0 Å². The molecule has 0 aromatic rings. The van der Waals surface area contributed by atoms with Crippen molar-refractivity contribution < 1.29 is 14.7 Å². The van der Waals surface area contributed by atoms with Gasteiger partial charge < -0.3 is 10.4 Å². The van der Waals surface area contributed by atoms with Crippen LogP contribution in [0, 0.1) is 5.41 Å². The highest BCUT2D eigenvalue weighted by molar-refractivity contribution is 6.01. The summed E-state index contributed by atoms with van der Waals surface area (Å²) in [7, 11) is 0. The van der Waals surface area contributed by atoms with Gasteiger partial charge in [0.2, 0.25) is 5.91 Å². The molecule has 5 heteroatoms. The lowest BCUT2D eigenvalue weighted by molar-refractivity contribution is -0.126. The minimum Gasteiger partial charge on any atom is -0.391 e. The smallest absolute Gasteiger partial charge is 0.324 e. The van der Waals surface area contributed by atoms with E-state index in [9.17, 15) is 14.7 Å². The highest BCUT2D eigenvalue weighted by Crippen LogP contribution is 2.21. The molecule has 1 unspecified atom stereocenters. The SMILES string of the molecule is CC(C)(C)CC(O)CN1C(=O)CNC1=O. The van der Waals surface area contributed by atoms with Crippen molar-refractivity contribution >= 4 is 11.9 Å². The monoisotopic (exact) mass is 214 g/mol. The topological polar surface area (TPSA) is 69.6 Å². The molecule has 0 aromatic heterocycles. The Bertz CT molecular complexity index is 254.